The maximum Gasteiger partial charge on any atom is 0.323 e. The van der Waals surface area contributed by atoms with Gasteiger partial charge in [0, 0.05) is 6.42 Å². The van der Waals surface area contributed by atoms with E-state index in [1.165, 1.54) is 0 Å². The third kappa shape index (κ3) is 5.05. The van der Waals surface area contributed by atoms with Gasteiger partial charge in [-0.2, -0.15) is 5.26 Å². The Bertz CT molecular complexity index is 315. The van der Waals surface area contributed by atoms with Crippen LogP contribution in [0, 0.1) is 11.3 Å². The summed E-state index contributed by atoms with van der Waals surface area (Å²) in [6, 6.07) is 2.07. The Kier molecular flexibility index (Phi) is 5.61. The summed E-state index contributed by atoms with van der Waals surface area (Å²) >= 11 is 0. The molecule has 0 aliphatic carbocycles. The molecular formula is C14H24N2O2. The molecule has 1 aliphatic heterocycles. The zero-order valence-corrected chi connectivity index (χ0v) is 11.7. The number of nitriles is 1. The summed E-state index contributed by atoms with van der Waals surface area (Å²) in [7, 11) is 0. The van der Waals surface area contributed by atoms with E-state index in [1.54, 1.807) is 0 Å². The molecule has 0 aromatic carbocycles. The van der Waals surface area contributed by atoms with Gasteiger partial charge in [-0.15, -0.1) is 0 Å². The van der Waals surface area contributed by atoms with Gasteiger partial charge >= 0.3 is 5.97 Å². The van der Waals surface area contributed by atoms with Gasteiger partial charge in [-0.25, -0.2) is 0 Å². The second-order valence-corrected chi connectivity index (χ2v) is 5.84. The molecule has 0 radical (unpaired) electrons. The number of carbonyl (C=O) groups is 1. The van der Waals surface area contributed by atoms with Crippen molar-refractivity contribution in [2.24, 2.45) is 0 Å². The van der Waals surface area contributed by atoms with Crippen LogP contribution < -0.4 is 0 Å². The number of unbranched alkanes of at least 4 members (excludes halogenated alkanes) is 2. The van der Waals surface area contributed by atoms with Crippen LogP contribution in [0.25, 0.3) is 0 Å². The van der Waals surface area contributed by atoms with Gasteiger partial charge in [-0.05, 0) is 59.5 Å². The Morgan fingerprint density at radius 1 is 1.44 bits per heavy atom. The van der Waals surface area contributed by atoms with Crippen LogP contribution >= 0.6 is 0 Å². The molecule has 0 aromatic heterocycles. The van der Waals surface area contributed by atoms with Crippen molar-refractivity contribution >= 4 is 5.97 Å². The van der Waals surface area contributed by atoms with Crippen LogP contribution in [-0.2, 0) is 9.53 Å². The van der Waals surface area contributed by atoms with Crippen molar-refractivity contribution in [3.8, 4) is 6.07 Å². The largest absolute Gasteiger partial charge is 0.459 e. The van der Waals surface area contributed by atoms with E-state index in [4.69, 9.17) is 10.00 Å². The van der Waals surface area contributed by atoms with E-state index in [2.05, 4.69) is 11.0 Å². The van der Waals surface area contributed by atoms with Crippen LogP contribution in [0.1, 0.15) is 52.9 Å². The lowest BCUT2D eigenvalue weighted by Gasteiger charge is -2.27. The Balaban J connectivity index is 2.39. The fourth-order valence-corrected chi connectivity index (χ4v) is 2.25. The topological polar surface area (TPSA) is 53.3 Å². The first-order valence-corrected chi connectivity index (χ1v) is 6.78. The molecule has 0 saturated carbocycles. The molecule has 102 valence electrons. The summed E-state index contributed by atoms with van der Waals surface area (Å²) < 4.78 is 5.45. The first kappa shape index (κ1) is 15.0. The molecule has 1 atom stereocenters. The van der Waals surface area contributed by atoms with E-state index in [0.717, 1.165) is 38.8 Å². The fourth-order valence-electron chi connectivity index (χ4n) is 2.25. The summed E-state index contributed by atoms with van der Waals surface area (Å²) in [4.78, 5) is 14.2. The number of likely N-dealkylation sites (tertiary alicyclic amines) is 1. The summed E-state index contributed by atoms with van der Waals surface area (Å²) in [5, 5.41) is 8.49. The molecule has 1 fully saturated rings. The number of esters is 1. The standard InChI is InChI=1S/C14H24N2O2/c1-14(2,3)18-13(17)12-8-7-11-16(12)10-6-4-5-9-15/h12H,4-8,10-11H2,1-3H3/t12-/m0/s1. The average Bonchev–Trinajstić information content (AvgIpc) is 2.70. The fraction of sp³-hybridized carbons (Fsp3) is 0.857. The molecule has 0 bridgehead atoms. The van der Waals surface area contributed by atoms with E-state index in [0.29, 0.717) is 6.42 Å². The van der Waals surface area contributed by atoms with Crippen LogP contribution in [0.15, 0.2) is 0 Å². The van der Waals surface area contributed by atoms with Crippen molar-refractivity contribution in [3.63, 3.8) is 0 Å². The zero-order chi connectivity index (χ0) is 13.6. The molecule has 0 amide bonds. The zero-order valence-electron chi connectivity index (χ0n) is 11.7. The van der Waals surface area contributed by atoms with Crippen molar-refractivity contribution in [1.29, 1.82) is 5.26 Å². The molecule has 0 N–H and O–H groups in total. The van der Waals surface area contributed by atoms with Crippen LogP contribution in [-0.4, -0.2) is 35.6 Å². The number of hydrogen-bond donors (Lipinski definition) is 0. The van der Waals surface area contributed by atoms with Crippen molar-refractivity contribution in [1.82, 2.24) is 4.90 Å². The van der Waals surface area contributed by atoms with E-state index in [1.807, 2.05) is 20.8 Å². The number of hydrogen-bond acceptors (Lipinski definition) is 4. The highest BCUT2D eigenvalue weighted by Gasteiger charge is 2.33. The number of ether oxygens (including phenoxy) is 1. The van der Waals surface area contributed by atoms with Gasteiger partial charge in [0.15, 0.2) is 0 Å². The molecular weight excluding hydrogens is 228 g/mol. The summed E-state index contributed by atoms with van der Waals surface area (Å²) in [6.07, 6.45) is 4.45. The Labute approximate surface area is 110 Å². The summed E-state index contributed by atoms with van der Waals surface area (Å²) in [5.41, 5.74) is -0.411. The minimum atomic E-state index is -0.411. The molecule has 1 aliphatic rings. The maximum atomic E-state index is 12.0. The van der Waals surface area contributed by atoms with Gasteiger partial charge in [0.2, 0.25) is 0 Å². The maximum absolute atomic E-state index is 12.0. The molecule has 0 aromatic rings. The third-order valence-electron chi connectivity index (χ3n) is 3.03. The first-order valence-electron chi connectivity index (χ1n) is 6.78. The normalized spacial score (nSPS) is 20.7. The average molecular weight is 252 g/mol. The Morgan fingerprint density at radius 2 is 2.17 bits per heavy atom. The predicted octanol–water partition coefficient (Wildman–Crippen LogP) is 2.49. The van der Waals surface area contributed by atoms with Gasteiger partial charge in [-0.1, -0.05) is 0 Å². The van der Waals surface area contributed by atoms with Crippen molar-refractivity contribution in [2.75, 3.05) is 13.1 Å². The Morgan fingerprint density at radius 3 is 2.78 bits per heavy atom. The number of rotatable bonds is 5. The molecule has 1 saturated heterocycles. The second-order valence-electron chi connectivity index (χ2n) is 5.84. The number of carbonyl (C=O) groups excluding carboxylic acids is 1. The lowest BCUT2D eigenvalue weighted by atomic mass is 10.1. The quantitative estimate of drug-likeness (QED) is 0.557. The number of nitrogens with zero attached hydrogens (tertiary/aromatic N) is 2. The summed E-state index contributed by atoms with van der Waals surface area (Å²) in [5.74, 6) is -0.0970. The lowest BCUT2D eigenvalue weighted by molar-refractivity contribution is -0.160. The Hall–Kier alpha value is -1.08. The monoisotopic (exact) mass is 252 g/mol. The highest BCUT2D eigenvalue weighted by molar-refractivity contribution is 5.76. The van der Waals surface area contributed by atoms with Crippen LogP contribution in [0.3, 0.4) is 0 Å². The van der Waals surface area contributed by atoms with E-state index in [9.17, 15) is 4.79 Å². The minimum Gasteiger partial charge on any atom is -0.459 e. The highest BCUT2D eigenvalue weighted by atomic mass is 16.6. The molecule has 4 heteroatoms. The van der Waals surface area contributed by atoms with Crippen molar-refractivity contribution in [2.45, 2.75) is 64.5 Å². The van der Waals surface area contributed by atoms with Crippen LogP contribution in [0.2, 0.25) is 0 Å². The highest BCUT2D eigenvalue weighted by Crippen LogP contribution is 2.21. The predicted molar refractivity (Wildman–Crippen MR) is 69.9 cm³/mol. The van der Waals surface area contributed by atoms with Gasteiger partial charge in [-0.3, -0.25) is 9.69 Å². The molecule has 0 spiro atoms. The lowest BCUT2D eigenvalue weighted by Crippen LogP contribution is -2.40. The van der Waals surface area contributed by atoms with E-state index < -0.39 is 5.60 Å². The van der Waals surface area contributed by atoms with Crippen LogP contribution in [0.5, 0.6) is 0 Å². The summed E-state index contributed by atoms with van der Waals surface area (Å²) in [6.45, 7) is 7.56. The van der Waals surface area contributed by atoms with E-state index in [-0.39, 0.29) is 12.0 Å². The van der Waals surface area contributed by atoms with Gasteiger partial charge in [0.1, 0.15) is 11.6 Å². The molecule has 1 rings (SSSR count). The van der Waals surface area contributed by atoms with Crippen molar-refractivity contribution in [3.05, 3.63) is 0 Å². The second kappa shape index (κ2) is 6.75. The van der Waals surface area contributed by atoms with Gasteiger partial charge in [0.25, 0.3) is 0 Å². The van der Waals surface area contributed by atoms with Gasteiger partial charge < -0.3 is 4.74 Å². The molecule has 4 nitrogen and oxygen atoms in total. The molecule has 18 heavy (non-hydrogen) atoms. The first-order chi connectivity index (χ1) is 8.44. The third-order valence-corrected chi connectivity index (χ3v) is 3.03. The SMILES string of the molecule is CC(C)(C)OC(=O)[C@@H]1CCCN1CCCCC#N. The molecule has 1 heterocycles. The molecule has 0 unspecified atom stereocenters. The van der Waals surface area contributed by atoms with Crippen molar-refractivity contribution < 1.29 is 9.53 Å². The minimum absolute atomic E-state index is 0.0775. The van der Waals surface area contributed by atoms with Gasteiger partial charge in [0.05, 0.1) is 6.07 Å². The smallest absolute Gasteiger partial charge is 0.323 e. The van der Waals surface area contributed by atoms with Crippen LogP contribution in [0.4, 0.5) is 0 Å². The van der Waals surface area contributed by atoms with E-state index >= 15 is 0 Å².